The van der Waals surface area contributed by atoms with Gasteiger partial charge in [0.25, 0.3) is 0 Å². The lowest BCUT2D eigenvalue weighted by atomic mass is 10.1. The molecule has 4 nitrogen and oxygen atoms in total. The summed E-state index contributed by atoms with van der Waals surface area (Å²) in [5.41, 5.74) is 6.97. The van der Waals surface area contributed by atoms with Gasteiger partial charge in [-0.25, -0.2) is 0 Å². The van der Waals surface area contributed by atoms with Crippen LogP contribution in [0.25, 0.3) is 0 Å². The van der Waals surface area contributed by atoms with Crippen LogP contribution in [0.2, 0.25) is 0 Å². The average Bonchev–Trinajstić information content (AvgIpc) is 2.78. The number of benzene rings is 1. The number of rotatable bonds is 4. The predicted octanol–water partition coefficient (Wildman–Crippen LogP) is 2.07. The monoisotopic (exact) mass is 217 g/mol. The third kappa shape index (κ3) is 2.46. The maximum Gasteiger partial charge on any atom is 0.231 e. The van der Waals surface area contributed by atoms with Crippen LogP contribution in [0.4, 0.5) is 0 Å². The quantitative estimate of drug-likeness (QED) is 0.851. The largest absolute Gasteiger partial charge is 0.339 e. The summed E-state index contributed by atoms with van der Waals surface area (Å²) in [6.45, 7) is 2.00. The van der Waals surface area contributed by atoms with Gasteiger partial charge in [0, 0.05) is 0 Å². The van der Waals surface area contributed by atoms with Gasteiger partial charge in [-0.1, -0.05) is 42.4 Å². The van der Waals surface area contributed by atoms with Gasteiger partial charge in [0.1, 0.15) is 0 Å². The minimum Gasteiger partial charge on any atom is -0.339 e. The molecule has 4 heteroatoms. The average molecular weight is 217 g/mol. The van der Waals surface area contributed by atoms with Crippen molar-refractivity contribution >= 4 is 0 Å². The molecular weight excluding hydrogens is 202 g/mol. The number of hydrogen-bond acceptors (Lipinski definition) is 4. The summed E-state index contributed by atoms with van der Waals surface area (Å²) < 4.78 is 5.15. The molecule has 16 heavy (non-hydrogen) atoms. The van der Waals surface area contributed by atoms with Gasteiger partial charge in [-0.05, 0) is 12.0 Å². The van der Waals surface area contributed by atoms with Gasteiger partial charge < -0.3 is 10.3 Å². The highest BCUT2D eigenvalue weighted by molar-refractivity contribution is 5.18. The molecule has 2 N–H and O–H groups in total. The van der Waals surface area contributed by atoms with E-state index < -0.39 is 0 Å². The molecule has 0 saturated heterocycles. The van der Waals surface area contributed by atoms with Crippen LogP contribution in [0.1, 0.15) is 36.7 Å². The van der Waals surface area contributed by atoms with Crippen molar-refractivity contribution in [2.24, 2.45) is 5.73 Å². The van der Waals surface area contributed by atoms with Crippen LogP contribution in [-0.4, -0.2) is 10.1 Å². The fourth-order valence-corrected chi connectivity index (χ4v) is 1.44. The van der Waals surface area contributed by atoms with Crippen molar-refractivity contribution in [1.29, 1.82) is 0 Å². The Kier molecular flexibility index (Phi) is 3.31. The molecule has 0 saturated carbocycles. The molecule has 0 amide bonds. The molecule has 1 aromatic heterocycles. The van der Waals surface area contributed by atoms with Gasteiger partial charge in [0.2, 0.25) is 5.89 Å². The molecule has 1 atom stereocenters. The van der Waals surface area contributed by atoms with Crippen LogP contribution in [0.5, 0.6) is 0 Å². The lowest BCUT2D eigenvalue weighted by Crippen LogP contribution is -2.10. The van der Waals surface area contributed by atoms with Crippen molar-refractivity contribution in [2.45, 2.75) is 25.8 Å². The minimum atomic E-state index is -0.131. The highest BCUT2D eigenvalue weighted by atomic mass is 16.5. The van der Waals surface area contributed by atoms with Crippen molar-refractivity contribution < 1.29 is 4.52 Å². The lowest BCUT2D eigenvalue weighted by Gasteiger charge is -1.99. The van der Waals surface area contributed by atoms with E-state index in [2.05, 4.69) is 10.1 Å². The van der Waals surface area contributed by atoms with Crippen molar-refractivity contribution in [2.75, 3.05) is 0 Å². The molecule has 0 fully saturated rings. The van der Waals surface area contributed by atoms with E-state index in [0.29, 0.717) is 18.1 Å². The Bertz CT molecular complexity index is 439. The van der Waals surface area contributed by atoms with E-state index in [4.69, 9.17) is 10.3 Å². The molecule has 0 radical (unpaired) electrons. The highest BCUT2D eigenvalue weighted by Crippen LogP contribution is 2.12. The summed E-state index contributed by atoms with van der Waals surface area (Å²) in [4.78, 5) is 4.27. The first-order chi connectivity index (χ1) is 7.79. The van der Waals surface area contributed by atoms with Crippen LogP contribution in [-0.2, 0) is 6.42 Å². The van der Waals surface area contributed by atoms with Crippen molar-refractivity contribution in [3.63, 3.8) is 0 Å². The second-order valence-corrected chi connectivity index (χ2v) is 3.72. The molecule has 0 aliphatic carbocycles. The maximum absolute atomic E-state index is 5.82. The van der Waals surface area contributed by atoms with Crippen LogP contribution >= 0.6 is 0 Å². The van der Waals surface area contributed by atoms with Crippen LogP contribution in [0.3, 0.4) is 0 Å². The van der Waals surface area contributed by atoms with Crippen molar-refractivity contribution in [1.82, 2.24) is 10.1 Å². The zero-order valence-electron chi connectivity index (χ0n) is 9.26. The zero-order chi connectivity index (χ0) is 11.4. The maximum atomic E-state index is 5.82. The van der Waals surface area contributed by atoms with E-state index >= 15 is 0 Å². The number of hydrogen-bond donors (Lipinski definition) is 1. The predicted molar refractivity (Wildman–Crippen MR) is 60.8 cm³/mol. The van der Waals surface area contributed by atoms with Gasteiger partial charge in [-0.15, -0.1) is 0 Å². The van der Waals surface area contributed by atoms with Gasteiger partial charge >= 0.3 is 0 Å². The number of aromatic nitrogens is 2. The Labute approximate surface area is 94.5 Å². The van der Waals surface area contributed by atoms with E-state index in [0.717, 1.165) is 12.0 Å². The minimum absolute atomic E-state index is 0.131. The molecule has 2 rings (SSSR count). The SMILES string of the molecule is CCC(N)c1noc(Cc2ccccc2)n1. The van der Waals surface area contributed by atoms with Crippen molar-refractivity contribution in [3.05, 3.63) is 47.6 Å². The van der Waals surface area contributed by atoms with Crippen LogP contribution < -0.4 is 5.73 Å². The Morgan fingerprint density at radius 3 is 2.75 bits per heavy atom. The molecule has 1 unspecified atom stereocenters. The summed E-state index contributed by atoms with van der Waals surface area (Å²) in [6, 6.07) is 9.89. The third-order valence-electron chi connectivity index (χ3n) is 2.45. The van der Waals surface area contributed by atoms with Crippen LogP contribution in [0, 0.1) is 0 Å². The summed E-state index contributed by atoms with van der Waals surface area (Å²) in [6.07, 6.45) is 1.47. The van der Waals surface area contributed by atoms with E-state index in [9.17, 15) is 0 Å². The Morgan fingerprint density at radius 2 is 2.06 bits per heavy atom. The lowest BCUT2D eigenvalue weighted by molar-refractivity contribution is 0.375. The smallest absolute Gasteiger partial charge is 0.231 e. The molecule has 1 aromatic carbocycles. The van der Waals surface area contributed by atoms with E-state index in [-0.39, 0.29) is 6.04 Å². The van der Waals surface area contributed by atoms with E-state index in [1.165, 1.54) is 0 Å². The molecule has 0 bridgehead atoms. The Hall–Kier alpha value is -1.68. The zero-order valence-corrected chi connectivity index (χ0v) is 9.26. The van der Waals surface area contributed by atoms with Gasteiger partial charge in [-0.2, -0.15) is 4.98 Å². The summed E-state index contributed by atoms with van der Waals surface area (Å²) in [7, 11) is 0. The first-order valence-electron chi connectivity index (χ1n) is 5.41. The summed E-state index contributed by atoms with van der Waals surface area (Å²) in [5.74, 6) is 1.21. The molecule has 0 aliphatic heterocycles. The van der Waals surface area contributed by atoms with E-state index in [1.807, 2.05) is 37.3 Å². The first-order valence-corrected chi connectivity index (χ1v) is 5.41. The van der Waals surface area contributed by atoms with Gasteiger partial charge in [-0.3, -0.25) is 0 Å². The van der Waals surface area contributed by atoms with Crippen LogP contribution in [0.15, 0.2) is 34.9 Å². The van der Waals surface area contributed by atoms with E-state index in [1.54, 1.807) is 0 Å². The number of nitrogens with zero attached hydrogens (tertiary/aromatic N) is 2. The second kappa shape index (κ2) is 4.90. The van der Waals surface area contributed by atoms with Gasteiger partial charge in [0.05, 0.1) is 12.5 Å². The molecule has 2 aromatic rings. The normalized spacial score (nSPS) is 12.6. The summed E-state index contributed by atoms with van der Waals surface area (Å²) in [5, 5.41) is 3.87. The van der Waals surface area contributed by atoms with Crippen molar-refractivity contribution in [3.8, 4) is 0 Å². The standard InChI is InChI=1S/C12H15N3O/c1-2-10(13)12-14-11(16-15-12)8-9-6-4-3-5-7-9/h3-7,10H,2,8,13H2,1H3. The Morgan fingerprint density at radius 1 is 1.31 bits per heavy atom. The fraction of sp³-hybridized carbons (Fsp3) is 0.333. The topological polar surface area (TPSA) is 64.9 Å². The highest BCUT2D eigenvalue weighted by Gasteiger charge is 2.12. The molecule has 0 spiro atoms. The molecule has 1 heterocycles. The summed E-state index contributed by atoms with van der Waals surface area (Å²) >= 11 is 0. The molecule has 84 valence electrons. The van der Waals surface area contributed by atoms with Gasteiger partial charge in [0.15, 0.2) is 5.82 Å². The molecule has 0 aliphatic rings. The Balaban J connectivity index is 2.09. The first kappa shape index (κ1) is 10.8. The number of nitrogens with two attached hydrogens (primary N) is 1. The third-order valence-corrected chi connectivity index (χ3v) is 2.45. The fourth-order valence-electron chi connectivity index (χ4n) is 1.44. The molecular formula is C12H15N3O. The second-order valence-electron chi connectivity index (χ2n) is 3.72.